The van der Waals surface area contributed by atoms with Crippen LogP contribution in [0.4, 0.5) is 4.39 Å². The van der Waals surface area contributed by atoms with Crippen LogP contribution in [-0.2, 0) is 16.1 Å². The van der Waals surface area contributed by atoms with Crippen molar-refractivity contribution >= 4 is 23.5 Å². The predicted molar refractivity (Wildman–Crippen MR) is 100 cm³/mol. The number of likely N-dealkylation sites (tertiary alicyclic amines) is 1. The highest BCUT2D eigenvalue weighted by Crippen LogP contribution is 2.23. The third-order valence-corrected chi connectivity index (χ3v) is 5.72. The molecule has 2 aliphatic heterocycles. The second-order valence-corrected chi connectivity index (χ2v) is 7.58. The minimum atomic E-state index is -0.976. The van der Waals surface area contributed by atoms with Crippen LogP contribution >= 0.6 is 11.6 Å². The van der Waals surface area contributed by atoms with Crippen LogP contribution in [0, 0.1) is 5.82 Å². The summed E-state index contributed by atoms with van der Waals surface area (Å²) >= 11 is 6.12. The molecule has 0 bridgehead atoms. The molecule has 1 atom stereocenters. The fourth-order valence-corrected chi connectivity index (χ4v) is 4.11. The standard InChI is InChI=1S/C19H25ClFN3O3/c20-15-4-3-5-16(21)14(15)12-22-8-10-23(11-9-22)17-6-1-2-7-24(19(17)27)13-18(25)26/h3-5,17H,1-2,6-13H2,(H,25,26). The molecule has 2 aliphatic rings. The van der Waals surface area contributed by atoms with E-state index in [1.54, 1.807) is 12.1 Å². The molecule has 1 unspecified atom stereocenters. The molecule has 3 rings (SSSR count). The van der Waals surface area contributed by atoms with Gasteiger partial charge in [0.15, 0.2) is 0 Å². The van der Waals surface area contributed by atoms with Crippen molar-refractivity contribution in [2.75, 3.05) is 39.3 Å². The summed E-state index contributed by atoms with van der Waals surface area (Å²) in [6.45, 7) is 3.55. The molecule has 0 aromatic heterocycles. The molecule has 2 saturated heterocycles. The molecule has 1 aromatic carbocycles. The number of piperazine rings is 1. The average molecular weight is 398 g/mol. The summed E-state index contributed by atoms with van der Waals surface area (Å²) in [5, 5.41) is 9.47. The Kier molecular flexibility index (Phi) is 6.68. The number of carbonyl (C=O) groups is 2. The molecule has 0 aliphatic carbocycles. The lowest BCUT2D eigenvalue weighted by Crippen LogP contribution is -2.55. The fraction of sp³-hybridized carbons (Fsp3) is 0.579. The Morgan fingerprint density at radius 2 is 1.93 bits per heavy atom. The summed E-state index contributed by atoms with van der Waals surface area (Å²) in [6.07, 6.45) is 2.51. The topological polar surface area (TPSA) is 64.1 Å². The first-order chi connectivity index (χ1) is 13.0. The van der Waals surface area contributed by atoms with E-state index >= 15 is 0 Å². The molecule has 0 saturated carbocycles. The van der Waals surface area contributed by atoms with Crippen molar-refractivity contribution in [3.05, 3.63) is 34.6 Å². The zero-order valence-electron chi connectivity index (χ0n) is 15.2. The lowest BCUT2D eigenvalue weighted by atomic mass is 10.1. The number of hydrogen-bond acceptors (Lipinski definition) is 4. The molecule has 0 spiro atoms. The normalized spacial score (nSPS) is 22.7. The zero-order chi connectivity index (χ0) is 19.4. The molecular weight excluding hydrogens is 373 g/mol. The van der Waals surface area contributed by atoms with E-state index < -0.39 is 5.97 Å². The monoisotopic (exact) mass is 397 g/mol. The lowest BCUT2D eigenvalue weighted by molar-refractivity contribution is -0.146. The summed E-state index contributed by atoms with van der Waals surface area (Å²) in [7, 11) is 0. The van der Waals surface area contributed by atoms with Crippen molar-refractivity contribution in [3.63, 3.8) is 0 Å². The van der Waals surface area contributed by atoms with Gasteiger partial charge in [0, 0.05) is 49.9 Å². The minimum absolute atomic E-state index is 0.0829. The van der Waals surface area contributed by atoms with Crippen LogP contribution in [0.2, 0.25) is 5.02 Å². The van der Waals surface area contributed by atoms with Gasteiger partial charge < -0.3 is 10.0 Å². The fourth-order valence-electron chi connectivity index (χ4n) is 3.88. The van der Waals surface area contributed by atoms with Crippen LogP contribution in [0.15, 0.2) is 18.2 Å². The summed E-state index contributed by atoms with van der Waals surface area (Å²) in [6, 6.07) is 4.45. The number of hydrogen-bond donors (Lipinski definition) is 1. The van der Waals surface area contributed by atoms with Crippen LogP contribution in [0.3, 0.4) is 0 Å². The smallest absolute Gasteiger partial charge is 0.323 e. The second kappa shape index (κ2) is 8.99. The Labute approximate surface area is 163 Å². The largest absolute Gasteiger partial charge is 0.480 e. The highest BCUT2D eigenvalue weighted by Gasteiger charge is 2.34. The Bertz CT molecular complexity index is 675. The van der Waals surface area contributed by atoms with Crippen molar-refractivity contribution in [3.8, 4) is 0 Å². The summed E-state index contributed by atoms with van der Waals surface area (Å²) < 4.78 is 14.0. The minimum Gasteiger partial charge on any atom is -0.480 e. The molecule has 1 aromatic rings. The predicted octanol–water partition coefficient (Wildman–Crippen LogP) is 2.06. The molecule has 0 radical (unpaired) electrons. The molecule has 2 fully saturated rings. The number of rotatable bonds is 5. The van der Waals surface area contributed by atoms with Crippen LogP contribution in [0.25, 0.3) is 0 Å². The van der Waals surface area contributed by atoms with Gasteiger partial charge in [0.25, 0.3) is 0 Å². The van der Waals surface area contributed by atoms with E-state index in [4.69, 9.17) is 16.7 Å². The molecular formula is C19H25ClFN3O3. The van der Waals surface area contributed by atoms with Gasteiger partial charge in [0.05, 0.1) is 6.04 Å². The maximum atomic E-state index is 14.0. The van der Waals surface area contributed by atoms with E-state index in [9.17, 15) is 14.0 Å². The van der Waals surface area contributed by atoms with E-state index in [1.807, 2.05) is 0 Å². The van der Waals surface area contributed by atoms with E-state index in [1.165, 1.54) is 11.0 Å². The van der Waals surface area contributed by atoms with E-state index in [0.717, 1.165) is 19.3 Å². The third kappa shape index (κ3) is 4.97. The molecule has 8 heteroatoms. The quantitative estimate of drug-likeness (QED) is 0.824. The summed E-state index contributed by atoms with van der Waals surface area (Å²) in [5.74, 6) is -1.36. The van der Waals surface area contributed by atoms with Crippen molar-refractivity contribution in [1.29, 1.82) is 0 Å². The highest BCUT2D eigenvalue weighted by atomic mass is 35.5. The van der Waals surface area contributed by atoms with Crippen molar-refractivity contribution < 1.29 is 19.1 Å². The first-order valence-electron chi connectivity index (χ1n) is 9.35. The Balaban J connectivity index is 1.59. The first kappa shape index (κ1) is 20.0. The Morgan fingerprint density at radius 1 is 1.19 bits per heavy atom. The highest BCUT2D eigenvalue weighted by molar-refractivity contribution is 6.31. The lowest BCUT2D eigenvalue weighted by Gasteiger charge is -2.39. The van der Waals surface area contributed by atoms with Gasteiger partial charge >= 0.3 is 5.97 Å². The van der Waals surface area contributed by atoms with Gasteiger partial charge in [0.2, 0.25) is 5.91 Å². The van der Waals surface area contributed by atoms with Gasteiger partial charge in [-0.25, -0.2) is 4.39 Å². The van der Waals surface area contributed by atoms with E-state index in [0.29, 0.717) is 49.9 Å². The number of benzene rings is 1. The average Bonchev–Trinajstić information content (AvgIpc) is 2.81. The SMILES string of the molecule is O=C(O)CN1CCCCC(N2CCN(Cc3c(F)cccc3Cl)CC2)C1=O. The zero-order valence-corrected chi connectivity index (χ0v) is 16.0. The van der Waals surface area contributed by atoms with E-state index in [2.05, 4.69) is 9.80 Å². The van der Waals surface area contributed by atoms with Crippen LogP contribution in [-0.4, -0.2) is 77.0 Å². The Hall–Kier alpha value is -1.70. The maximum absolute atomic E-state index is 14.0. The first-order valence-corrected chi connectivity index (χ1v) is 9.73. The molecule has 2 heterocycles. The van der Waals surface area contributed by atoms with Gasteiger partial charge in [-0.05, 0) is 31.4 Å². The number of nitrogens with zero attached hydrogens (tertiary/aromatic N) is 3. The molecule has 6 nitrogen and oxygen atoms in total. The van der Waals surface area contributed by atoms with Gasteiger partial charge in [-0.3, -0.25) is 19.4 Å². The number of carboxylic acid groups (broad SMARTS) is 1. The molecule has 1 N–H and O–H groups in total. The Morgan fingerprint density at radius 3 is 2.59 bits per heavy atom. The number of halogens is 2. The van der Waals surface area contributed by atoms with Gasteiger partial charge in [-0.2, -0.15) is 0 Å². The number of carbonyl (C=O) groups excluding carboxylic acids is 1. The van der Waals surface area contributed by atoms with E-state index in [-0.39, 0.29) is 24.3 Å². The number of aliphatic carboxylic acids is 1. The van der Waals surface area contributed by atoms with Crippen molar-refractivity contribution in [2.45, 2.75) is 31.8 Å². The van der Waals surface area contributed by atoms with Crippen LogP contribution in [0.5, 0.6) is 0 Å². The van der Waals surface area contributed by atoms with Crippen molar-refractivity contribution in [2.24, 2.45) is 0 Å². The van der Waals surface area contributed by atoms with Crippen molar-refractivity contribution in [1.82, 2.24) is 14.7 Å². The van der Waals surface area contributed by atoms with Gasteiger partial charge in [-0.1, -0.05) is 17.7 Å². The van der Waals surface area contributed by atoms with Crippen LogP contribution < -0.4 is 0 Å². The molecule has 148 valence electrons. The second-order valence-electron chi connectivity index (χ2n) is 7.18. The maximum Gasteiger partial charge on any atom is 0.323 e. The summed E-state index contributed by atoms with van der Waals surface area (Å²) in [5.41, 5.74) is 0.505. The van der Waals surface area contributed by atoms with Crippen LogP contribution in [0.1, 0.15) is 24.8 Å². The summed E-state index contributed by atoms with van der Waals surface area (Å²) in [4.78, 5) is 29.5. The third-order valence-electron chi connectivity index (χ3n) is 5.37. The van der Waals surface area contributed by atoms with Gasteiger partial charge in [0.1, 0.15) is 12.4 Å². The molecule has 1 amide bonds. The number of amides is 1. The number of carboxylic acids is 1. The van der Waals surface area contributed by atoms with Gasteiger partial charge in [-0.15, -0.1) is 0 Å². The molecule has 27 heavy (non-hydrogen) atoms.